The van der Waals surface area contributed by atoms with Crippen LogP contribution in [-0.2, 0) is 36.8 Å². The lowest BCUT2D eigenvalue weighted by atomic mass is 9.95. The number of aryl methyl sites for hydroxylation is 2. The van der Waals surface area contributed by atoms with Crippen molar-refractivity contribution in [3.8, 4) is 0 Å². The molecule has 2 rings (SSSR count). The average Bonchev–Trinajstić information content (AvgIpc) is 3.26. The Bertz CT molecular complexity index is 955. The molecule has 1 aliphatic rings. The third-order valence-corrected chi connectivity index (χ3v) is 6.32. The van der Waals surface area contributed by atoms with Crippen molar-refractivity contribution >= 4 is 35.1 Å². The van der Waals surface area contributed by atoms with Crippen molar-refractivity contribution in [2.75, 3.05) is 18.5 Å². The Hall–Kier alpha value is -3.27. The maximum absolute atomic E-state index is 13.1. The number of aliphatic hydroxyl groups excluding tert-OH is 1. The summed E-state index contributed by atoms with van der Waals surface area (Å²) in [7, 11) is 0. The maximum Gasteiger partial charge on any atom is 0.313 e. The molecule has 0 unspecified atom stereocenters. The zero-order chi connectivity index (χ0) is 26.8. The van der Waals surface area contributed by atoms with Crippen LogP contribution in [0.15, 0.2) is 18.2 Å². The van der Waals surface area contributed by atoms with E-state index in [-0.39, 0.29) is 24.7 Å². The van der Waals surface area contributed by atoms with Crippen molar-refractivity contribution in [3.05, 3.63) is 29.3 Å². The van der Waals surface area contributed by atoms with Crippen molar-refractivity contribution in [1.82, 2.24) is 16.0 Å². The molecule has 5 N–H and O–H groups in total. The predicted molar refractivity (Wildman–Crippen MR) is 135 cm³/mol. The van der Waals surface area contributed by atoms with Gasteiger partial charge in [-0.3, -0.25) is 24.0 Å². The topological polar surface area (TPSA) is 154 Å². The molecule has 1 fully saturated rings. The fourth-order valence-electron chi connectivity index (χ4n) is 4.31. The number of carbonyl (C=O) groups is 5. The Morgan fingerprint density at radius 2 is 1.67 bits per heavy atom. The quantitative estimate of drug-likeness (QED) is 0.267. The van der Waals surface area contributed by atoms with Crippen LogP contribution in [0.4, 0.5) is 5.69 Å². The minimum Gasteiger partial charge on any atom is -0.389 e. The summed E-state index contributed by atoms with van der Waals surface area (Å²) in [6, 6.07) is 3.49. The molecular formula is C26H38N4O6. The van der Waals surface area contributed by atoms with Gasteiger partial charge >= 0.3 is 11.8 Å². The standard InChI is InChI=1S/C26H38N4O6/c1-5-16-8-7-9-17(6-2)22(16)30-26(36)25(35)29-20(12-15(3)4)24(34)28-19(21(32)14-31)13-18-10-11-27-23(18)33/h7-9,15,18-20,31H,5-6,10-14H2,1-4H3,(H,27,33)(H,28,34)(H,29,35)(H,30,36)/t18-,19-,20-/m0/s1. The van der Waals surface area contributed by atoms with Crippen LogP contribution in [0.1, 0.15) is 58.1 Å². The van der Waals surface area contributed by atoms with Gasteiger partial charge in [0.25, 0.3) is 0 Å². The Balaban J connectivity index is 2.14. The van der Waals surface area contributed by atoms with Gasteiger partial charge in [-0.25, -0.2) is 0 Å². The molecule has 1 aliphatic heterocycles. The van der Waals surface area contributed by atoms with E-state index in [9.17, 15) is 29.1 Å². The minimum absolute atomic E-state index is 0.00998. The number of para-hydroxylation sites is 1. The van der Waals surface area contributed by atoms with Crippen LogP contribution < -0.4 is 21.3 Å². The van der Waals surface area contributed by atoms with Gasteiger partial charge in [-0.15, -0.1) is 0 Å². The number of benzene rings is 1. The molecule has 0 radical (unpaired) electrons. The van der Waals surface area contributed by atoms with E-state index in [4.69, 9.17) is 0 Å². The lowest BCUT2D eigenvalue weighted by Crippen LogP contribution is -2.54. The van der Waals surface area contributed by atoms with E-state index >= 15 is 0 Å². The number of hydrogen-bond acceptors (Lipinski definition) is 6. The largest absolute Gasteiger partial charge is 0.389 e. The number of anilines is 1. The molecule has 0 aliphatic carbocycles. The summed E-state index contributed by atoms with van der Waals surface area (Å²) in [6.45, 7) is 7.31. The lowest BCUT2D eigenvalue weighted by Gasteiger charge is -2.24. The molecule has 3 atom stereocenters. The highest BCUT2D eigenvalue weighted by molar-refractivity contribution is 6.40. The molecule has 10 nitrogen and oxygen atoms in total. The number of aliphatic hydroxyl groups is 1. The summed E-state index contributed by atoms with van der Waals surface area (Å²) in [4.78, 5) is 62.9. The van der Waals surface area contributed by atoms with Crippen LogP contribution in [0.5, 0.6) is 0 Å². The molecule has 0 bridgehead atoms. The predicted octanol–water partition coefficient (Wildman–Crippen LogP) is 0.853. The summed E-state index contributed by atoms with van der Waals surface area (Å²) < 4.78 is 0. The molecule has 1 aromatic rings. The first kappa shape index (κ1) is 29.0. The second kappa shape index (κ2) is 13.7. The fourth-order valence-corrected chi connectivity index (χ4v) is 4.31. The summed E-state index contributed by atoms with van der Waals surface area (Å²) in [5.74, 6) is -3.81. The van der Waals surface area contributed by atoms with E-state index in [1.54, 1.807) is 0 Å². The molecule has 1 heterocycles. The molecule has 10 heteroatoms. The summed E-state index contributed by atoms with van der Waals surface area (Å²) in [5, 5.41) is 19.8. The van der Waals surface area contributed by atoms with Gasteiger partial charge < -0.3 is 26.4 Å². The van der Waals surface area contributed by atoms with E-state index in [0.717, 1.165) is 11.1 Å². The van der Waals surface area contributed by atoms with Crippen LogP contribution >= 0.6 is 0 Å². The van der Waals surface area contributed by atoms with Gasteiger partial charge in [0.15, 0.2) is 5.78 Å². The van der Waals surface area contributed by atoms with Crippen LogP contribution in [0.25, 0.3) is 0 Å². The van der Waals surface area contributed by atoms with Crippen molar-refractivity contribution in [1.29, 1.82) is 0 Å². The molecule has 1 saturated heterocycles. The number of rotatable bonds is 12. The molecule has 0 spiro atoms. The van der Waals surface area contributed by atoms with Gasteiger partial charge in [0.2, 0.25) is 11.8 Å². The number of ketones is 1. The van der Waals surface area contributed by atoms with Crippen molar-refractivity contribution in [2.24, 2.45) is 11.8 Å². The molecule has 1 aromatic carbocycles. The first-order valence-corrected chi connectivity index (χ1v) is 12.5. The Morgan fingerprint density at radius 1 is 1.03 bits per heavy atom. The number of amides is 4. The van der Waals surface area contributed by atoms with Gasteiger partial charge in [-0.1, -0.05) is 45.9 Å². The molecular weight excluding hydrogens is 464 g/mol. The summed E-state index contributed by atoms with van der Waals surface area (Å²) in [6.07, 6.45) is 2.13. The fraction of sp³-hybridized carbons (Fsp3) is 0.577. The van der Waals surface area contributed by atoms with Gasteiger partial charge in [-0.2, -0.15) is 0 Å². The summed E-state index contributed by atoms with van der Waals surface area (Å²) in [5.41, 5.74) is 2.39. The van der Waals surface area contributed by atoms with Crippen molar-refractivity contribution in [3.63, 3.8) is 0 Å². The molecule has 0 aromatic heterocycles. The van der Waals surface area contributed by atoms with Crippen LogP contribution in [0.3, 0.4) is 0 Å². The van der Waals surface area contributed by atoms with E-state index in [0.29, 0.717) is 31.5 Å². The van der Waals surface area contributed by atoms with Crippen molar-refractivity contribution < 1.29 is 29.1 Å². The van der Waals surface area contributed by atoms with Crippen LogP contribution in [0, 0.1) is 11.8 Å². The highest BCUT2D eigenvalue weighted by Crippen LogP contribution is 2.22. The van der Waals surface area contributed by atoms with E-state index < -0.39 is 48.1 Å². The molecule has 4 amide bonds. The van der Waals surface area contributed by atoms with Crippen LogP contribution in [0.2, 0.25) is 0 Å². The Labute approximate surface area is 212 Å². The number of carbonyl (C=O) groups excluding carboxylic acids is 5. The minimum atomic E-state index is -1.08. The molecule has 198 valence electrons. The zero-order valence-corrected chi connectivity index (χ0v) is 21.5. The second-order valence-electron chi connectivity index (χ2n) is 9.47. The first-order valence-electron chi connectivity index (χ1n) is 12.5. The zero-order valence-electron chi connectivity index (χ0n) is 21.5. The smallest absolute Gasteiger partial charge is 0.313 e. The van der Waals surface area contributed by atoms with Gasteiger partial charge in [0.05, 0.1) is 6.04 Å². The SMILES string of the molecule is CCc1cccc(CC)c1NC(=O)C(=O)N[C@@H](CC(C)C)C(=O)N[C@@H](C[C@@H]1CCNC1=O)C(=O)CO. The van der Waals surface area contributed by atoms with Gasteiger partial charge in [0, 0.05) is 18.2 Å². The second-order valence-corrected chi connectivity index (χ2v) is 9.47. The Morgan fingerprint density at radius 3 is 2.17 bits per heavy atom. The highest BCUT2D eigenvalue weighted by atomic mass is 16.3. The Kier molecular flexibility index (Phi) is 11.0. The van der Waals surface area contributed by atoms with Gasteiger partial charge in [-0.05, 0) is 49.1 Å². The third-order valence-electron chi connectivity index (χ3n) is 6.32. The first-order chi connectivity index (χ1) is 17.1. The lowest BCUT2D eigenvalue weighted by molar-refractivity contribution is -0.138. The monoisotopic (exact) mass is 502 g/mol. The number of nitrogens with one attached hydrogen (secondary N) is 4. The van der Waals surface area contributed by atoms with E-state index in [1.165, 1.54) is 0 Å². The maximum atomic E-state index is 13.1. The van der Waals surface area contributed by atoms with Crippen LogP contribution in [-0.4, -0.2) is 59.8 Å². The molecule has 36 heavy (non-hydrogen) atoms. The normalized spacial score (nSPS) is 16.7. The molecule has 0 saturated carbocycles. The number of Topliss-reactive ketones (excluding diaryl/α,β-unsaturated/α-hetero) is 1. The average molecular weight is 503 g/mol. The third kappa shape index (κ3) is 7.87. The van der Waals surface area contributed by atoms with Gasteiger partial charge in [0.1, 0.15) is 12.6 Å². The van der Waals surface area contributed by atoms with E-state index in [2.05, 4.69) is 21.3 Å². The number of hydrogen-bond donors (Lipinski definition) is 5. The van der Waals surface area contributed by atoms with E-state index in [1.807, 2.05) is 45.9 Å². The highest BCUT2D eigenvalue weighted by Gasteiger charge is 2.33. The summed E-state index contributed by atoms with van der Waals surface area (Å²) >= 11 is 0. The van der Waals surface area contributed by atoms with Crippen molar-refractivity contribution in [2.45, 2.75) is 71.9 Å².